The Morgan fingerprint density at radius 1 is 0.822 bits per heavy atom. The van der Waals surface area contributed by atoms with Gasteiger partial charge in [0.15, 0.2) is 35.1 Å². The van der Waals surface area contributed by atoms with Gasteiger partial charge in [0, 0.05) is 0 Å². The van der Waals surface area contributed by atoms with Crippen LogP contribution >= 0.6 is 15.6 Å². The second-order valence-corrected chi connectivity index (χ2v) is 12.9. The van der Waals surface area contributed by atoms with E-state index in [0.717, 1.165) is 17.2 Å². The van der Waals surface area contributed by atoms with Gasteiger partial charge >= 0.3 is 15.6 Å². The third-order valence-electron chi connectivity index (χ3n) is 7.32. The van der Waals surface area contributed by atoms with Gasteiger partial charge in [-0.3, -0.25) is 32.0 Å². The number of nitrogen functional groups attached to an aromatic ring is 2. The summed E-state index contributed by atoms with van der Waals surface area (Å²) >= 11 is 0. The molecule has 45 heavy (non-hydrogen) atoms. The van der Waals surface area contributed by atoms with Crippen LogP contribution < -0.4 is 17.0 Å². The molecule has 0 saturated carbocycles. The minimum absolute atomic E-state index is 0.0277. The van der Waals surface area contributed by atoms with E-state index >= 15 is 0 Å². The van der Waals surface area contributed by atoms with Gasteiger partial charge in [0.1, 0.15) is 42.1 Å². The summed E-state index contributed by atoms with van der Waals surface area (Å²) in [6.45, 7) is -1.65. The van der Waals surface area contributed by atoms with E-state index in [1.807, 2.05) is 0 Å². The molecule has 2 bridgehead atoms. The maximum Gasteiger partial charge on any atom is 0.472 e. The van der Waals surface area contributed by atoms with Crippen LogP contribution in [-0.2, 0) is 36.7 Å². The average molecular weight is 674 g/mol. The molecular weight excluding hydrogens is 650 g/mol. The number of aliphatic hydroxyl groups excluding tert-OH is 2. The van der Waals surface area contributed by atoms with Crippen molar-refractivity contribution in [1.82, 2.24) is 39.0 Å². The molecule has 7 rings (SSSR count). The molecule has 0 aliphatic carbocycles. The van der Waals surface area contributed by atoms with Crippen LogP contribution in [0.25, 0.3) is 22.3 Å². The summed E-state index contributed by atoms with van der Waals surface area (Å²) in [5.74, 6) is -0.285. The molecule has 2 unspecified atom stereocenters. The summed E-state index contributed by atoms with van der Waals surface area (Å²) in [5, 5.41) is 22.1. The lowest BCUT2D eigenvalue weighted by Crippen LogP contribution is -2.36. The first-order valence-corrected chi connectivity index (χ1v) is 16.0. The molecule has 10 atom stereocenters. The van der Waals surface area contributed by atoms with Crippen molar-refractivity contribution in [1.29, 1.82) is 0 Å². The monoisotopic (exact) mass is 674 g/mol. The highest BCUT2D eigenvalue weighted by Crippen LogP contribution is 2.53. The first-order chi connectivity index (χ1) is 21.3. The quantitative estimate of drug-likeness (QED) is 0.109. The Bertz CT molecular complexity index is 1940. The zero-order valence-corrected chi connectivity index (χ0v) is 24.2. The van der Waals surface area contributed by atoms with Gasteiger partial charge in [-0.2, -0.15) is 9.97 Å². The number of H-pyrrole nitrogens is 1. The number of hydrogen-bond acceptors (Lipinski definition) is 18. The zero-order valence-electron chi connectivity index (χ0n) is 22.4. The summed E-state index contributed by atoms with van der Waals surface area (Å²) in [6, 6.07) is 0. The Labute approximate surface area is 248 Å². The number of phosphoric ester groups is 2. The van der Waals surface area contributed by atoms with E-state index in [2.05, 4.69) is 29.9 Å². The molecule has 242 valence electrons. The third-order valence-corrected chi connectivity index (χ3v) is 9.29. The zero-order chi connectivity index (χ0) is 31.8. The number of aliphatic hydroxyl groups is 2. The van der Waals surface area contributed by atoms with Crippen molar-refractivity contribution in [2.75, 3.05) is 24.7 Å². The average Bonchev–Trinajstić information content (AvgIpc) is 3.72. The Hall–Kier alpha value is -3.44. The maximum atomic E-state index is 13.2. The number of aromatic amines is 1. The third kappa shape index (κ3) is 5.31. The molecule has 0 spiro atoms. The number of nitrogens with two attached hydrogens (primary N) is 2. The lowest BCUT2D eigenvalue weighted by Gasteiger charge is -2.25. The van der Waals surface area contributed by atoms with Gasteiger partial charge in [-0.1, -0.05) is 0 Å². The summed E-state index contributed by atoms with van der Waals surface area (Å²) in [5.41, 5.74) is 11.0. The van der Waals surface area contributed by atoms with Crippen LogP contribution in [0.15, 0.2) is 23.8 Å². The predicted octanol–water partition coefficient (Wildman–Crippen LogP) is -2.34. The van der Waals surface area contributed by atoms with Crippen LogP contribution in [0.2, 0.25) is 0 Å². The Morgan fingerprint density at radius 2 is 1.44 bits per heavy atom. The molecule has 7 heterocycles. The number of hydrogen-bond donors (Lipinski definition) is 7. The summed E-state index contributed by atoms with van der Waals surface area (Å²) < 4.78 is 61.0. The van der Waals surface area contributed by atoms with E-state index in [0.29, 0.717) is 0 Å². The van der Waals surface area contributed by atoms with Crippen LogP contribution in [0.1, 0.15) is 12.5 Å². The van der Waals surface area contributed by atoms with Crippen LogP contribution in [-0.4, -0.2) is 109 Å². The molecule has 3 aliphatic heterocycles. The number of nitrogens with zero attached hydrogens (tertiary/aromatic N) is 7. The molecule has 3 fully saturated rings. The van der Waals surface area contributed by atoms with Gasteiger partial charge in [-0.25, -0.2) is 24.1 Å². The van der Waals surface area contributed by atoms with Crippen molar-refractivity contribution < 1.29 is 56.7 Å². The molecule has 25 heteroatoms. The second kappa shape index (κ2) is 10.8. The molecule has 0 radical (unpaired) electrons. The van der Waals surface area contributed by atoms with E-state index in [-0.39, 0.29) is 34.1 Å². The lowest BCUT2D eigenvalue weighted by molar-refractivity contribution is -0.0672. The number of ether oxygens (including phenoxy) is 2. The van der Waals surface area contributed by atoms with Crippen molar-refractivity contribution in [2.24, 2.45) is 0 Å². The summed E-state index contributed by atoms with van der Waals surface area (Å²) in [6.07, 6.45) is -9.27. The van der Waals surface area contributed by atoms with Crippen LogP contribution in [0.5, 0.6) is 0 Å². The fraction of sp³-hybridized carbons (Fsp3) is 0.500. The number of fused-ring (bicyclic) bond motifs is 5. The second-order valence-electron chi connectivity index (χ2n) is 10.1. The van der Waals surface area contributed by atoms with Gasteiger partial charge < -0.3 is 45.9 Å². The fourth-order valence-electron chi connectivity index (χ4n) is 5.30. The van der Waals surface area contributed by atoms with Crippen LogP contribution in [0.4, 0.5) is 11.8 Å². The van der Waals surface area contributed by atoms with Crippen LogP contribution in [0, 0.1) is 0 Å². The number of imidazole rings is 2. The normalized spacial score (nSPS) is 37.7. The topological polar surface area (TPSA) is 330 Å². The molecular formula is C20H24N10O13P2. The number of anilines is 2. The van der Waals surface area contributed by atoms with Crippen molar-refractivity contribution >= 4 is 49.7 Å². The predicted molar refractivity (Wildman–Crippen MR) is 143 cm³/mol. The van der Waals surface area contributed by atoms with E-state index in [4.69, 9.17) is 39.0 Å². The van der Waals surface area contributed by atoms with Gasteiger partial charge in [0.25, 0.3) is 5.56 Å². The number of phosphoric acid groups is 2. The van der Waals surface area contributed by atoms with E-state index in [1.165, 1.54) is 10.9 Å². The largest absolute Gasteiger partial charge is 0.472 e. The minimum atomic E-state index is -5.10. The standard InChI is InChI=1S/C20H24N10O13P2/c21-14-8-16(28-20(22)27-14)30(4-25-8)18-11(32)12-7(41-18)2-39-45(36,37)43-13-10(31)6(1-38-44(34,35)42-12)40-19(13)29-5-26-9-15(29)23-3-24-17(9)33/h3-7,10-13,18-19,31-32H,1-2H2,(H,34,35)(H,36,37)(H,23,24,33)(H4,21,22,27,28)/t6-,7-,10-,11-,12-,13-,18-,19-/m1/s1. The van der Waals surface area contributed by atoms with E-state index in [9.17, 15) is 33.9 Å². The SMILES string of the molecule is Nc1nc(N)c2ncn([C@@H]3O[C@@H]4COP(=O)(O)O[C@@H]5[C@H](O)[C@@H](COP(=O)(O)O[C@H]4[C@H]3O)O[C@H]5n3cnc4c(=O)[nH]cnc43)c2n1. The Balaban J connectivity index is 1.21. The molecule has 23 nitrogen and oxygen atoms in total. The van der Waals surface area contributed by atoms with Gasteiger partial charge in [-0.05, 0) is 0 Å². The molecule has 0 aromatic carbocycles. The smallest absolute Gasteiger partial charge is 0.387 e. The van der Waals surface area contributed by atoms with Crippen LogP contribution in [0.3, 0.4) is 0 Å². The number of nitrogens with one attached hydrogen (secondary N) is 1. The first kappa shape index (κ1) is 30.2. The van der Waals surface area contributed by atoms with Crippen molar-refractivity contribution in [2.45, 2.75) is 49.1 Å². The lowest BCUT2D eigenvalue weighted by atomic mass is 10.1. The van der Waals surface area contributed by atoms with Gasteiger partial charge in [0.2, 0.25) is 5.95 Å². The highest BCUT2D eigenvalue weighted by Gasteiger charge is 2.54. The van der Waals surface area contributed by atoms with Gasteiger partial charge in [0.05, 0.1) is 32.2 Å². The minimum Gasteiger partial charge on any atom is -0.387 e. The van der Waals surface area contributed by atoms with Crippen molar-refractivity contribution in [3.63, 3.8) is 0 Å². The van der Waals surface area contributed by atoms with E-state index < -0.39 is 83.5 Å². The Morgan fingerprint density at radius 3 is 2.18 bits per heavy atom. The van der Waals surface area contributed by atoms with Gasteiger partial charge in [-0.15, -0.1) is 0 Å². The molecule has 3 saturated heterocycles. The number of aromatic nitrogens is 8. The molecule has 4 aromatic heterocycles. The number of rotatable bonds is 2. The fourth-order valence-corrected chi connectivity index (χ4v) is 7.20. The van der Waals surface area contributed by atoms with E-state index in [1.54, 1.807) is 0 Å². The Kier molecular flexibility index (Phi) is 7.27. The summed E-state index contributed by atoms with van der Waals surface area (Å²) in [7, 11) is -10.2. The van der Waals surface area contributed by atoms with Crippen molar-refractivity contribution in [3.05, 3.63) is 29.3 Å². The maximum absolute atomic E-state index is 13.2. The molecule has 9 N–H and O–H groups in total. The highest BCUT2D eigenvalue weighted by molar-refractivity contribution is 7.47. The first-order valence-electron chi connectivity index (χ1n) is 13.0. The summed E-state index contributed by atoms with van der Waals surface area (Å²) in [4.78, 5) is 55.7. The molecule has 0 amide bonds. The molecule has 3 aliphatic rings. The highest BCUT2D eigenvalue weighted by atomic mass is 31.2. The molecule has 4 aromatic rings. The van der Waals surface area contributed by atoms with Crippen molar-refractivity contribution in [3.8, 4) is 0 Å².